The van der Waals surface area contributed by atoms with Crippen molar-refractivity contribution in [2.24, 2.45) is 17.3 Å². The van der Waals surface area contributed by atoms with E-state index < -0.39 is 101 Å². The maximum atomic E-state index is 13.8. The van der Waals surface area contributed by atoms with E-state index in [0.29, 0.717) is 0 Å². The lowest BCUT2D eigenvalue weighted by Crippen LogP contribution is -2.81. The van der Waals surface area contributed by atoms with E-state index in [2.05, 4.69) is 0 Å². The molecule has 1 aromatic carbocycles. The second kappa shape index (κ2) is 12.4. The van der Waals surface area contributed by atoms with Gasteiger partial charge in [-0.25, -0.2) is 4.79 Å². The summed E-state index contributed by atoms with van der Waals surface area (Å²) in [7, 11) is 0. The second-order valence-electron chi connectivity index (χ2n) is 12.5. The number of carbonyl (C=O) groups is 6. The van der Waals surface area contributed by atoms with Crippen LogP contribution in [0.4, 0.5) is 0 Å². The average molecular weight is 633 g/mol. The van der Waals surface area contributed by atoms with E-state index in [1.165, 1.54) is 26.0 Å². The lowest BCUT2D eigenvalue weighted by atomic mass is 9.47. The minimum absolute atomic E-state index is 0.0531. The summed E-state index contributed by atoms with van der Waals surface area (Å²) in [6, 6.07) is 8.01. The number of esters is 6. The highest BCUT2D eigenvalue weighted by Gasteiger charge is 2.85. The molecule has 2 aliphatic carbocycles. The first kappa shape index (κ1) is 33.9. The Hall–Kier alpha value is -4.00. The molecule has 2 bridgehead atoms. The molecule has 13 heteroatoms. The normalized spacial score (nSPS) is 34.4. The molecular formula is C32H40O13. The minimum atomic E-state index is -1.96. The molecule has 13 nitrogen and oxygen atoms in total. The van der Waals surface area contributed by atoms with Gasteiger partial charge in [-0.2, -0.15) is 0 Å². The molecule has 1 heterocycles. The van der Waals surface area contributed by atoms with Crippen LogP contribution in [-0.2, 0) is 57.1 Å². The Morgan fingerprint density at radius 1 is 0.733 bits per heavy atom. The third-order valence-electron chi connectivity index (χ3n) is 9.00. The predicted octanol–water partition coefficient (Wildman–Crippen LogP) is 2.71. The van der Waals surface area contributed by atoms with Gasteiger partial charge in [-0.15, -0.1) is 0 Å². The molecule has 45 heavy (non-hydrogen) atoms. The van der Waals surface area contributed by atoms with Crippen molar-refractivity contribution in [3.05, 3.63) is 35.9 Å². The summed E-state index contributed by atoms with van der Waals surface area (Å²) < 4.78 is 42.5. The van der Waals surface area contributed by atoms with E-state index in [-0.39, 0.29) is 12.0 Å². The maximum Gasteiger partial charge on any atom is 0.338 e. The Morgan fingerprint density at radius 3 is 1.82 bits per heavy atom. The molecule has 4 rings (SSSR count). The smallest absolute Gasteiger partial charge is 0.338 e. The van der Waals surface area contributed by atoms with Gasteiger partial charge < -0.3 is 33.2 Å². The lowest BCUT2D eigenvalue weighted by molar-refractivity contribution is -0.329. The number of rotatable bonds is 8. The molecule has 1 aromatic rings. The van der Waals surface area contributed by atoms with Gasteiger partial charge >= 0.3 is 35.8 Å². The van der Waals surface area contributed by atoms with Crippen molar-refractivity contribution < 1.29 is 61.9 Å². The van der Waals surface area contributed by atoms with Gasteiger partial charge in [0.15, 0.2) is 12.2 Å². The zero-order chi connectivity index (χ0) is 33.5. The van der Waals surface area contributed by atoms with E-state index in [1.54, 1.807) is 39.0 Å². The second-order valence-corrected chi connectivity index (χ2v) is 12.5. The van der Waals surface area contributed by atoms with Crippen LogP contribution in [0.3, 0.4) is 0 Å². The fourth-order valence-corrected chi connectivity index (χ4v) is 7.80. The van der Waals surface area contributed by atoms with Gasteiger partial charge in [0.25, 0.3) is 0 Å². The zero-order valence-corrected chi connectivity index (χ0v) is 26.6. The molecule has 0 unspecified atom stereocenters. The molecule has 0 radical (unpaired) electrons. The molecule has 9 atom stereocenters. The molecule has 3 aliphatic rings. The van der Waals surface area contributed by atoms with Crippen molar-refractivity contribution in [2.75, 3.05) is 6.61 Å². The summed E-state index contributed by atoms with van der Waals surface area (Å²) in [5.41, 5.74) is -4.73. The summed E-state index contributed by atoms with van der Waals surface area (Å²) in [4.78, 5) is 77.0. The summed E-state index contributed by atoms with van der Waals surface area (Å²) >= 11 is 0. The molecule has 1 spiro atoms. The molecule has 2 saturated carbocycles. The van der Waals surface area contributed by atoms with E-state index in [0.717, 1.165) is 20.8 Å². The first-order valence-corrected chi connectivity index (χ1v) is 14.8. The Labute approximate surface area is 261 Å². The molecule has 1 saturated heterocycles. The lowest BCUT2D eigenvalue weighted by Gasteiger charge is -2.64. The molecule has 0 N–H and O–H groups in total. The highest BCUT2D eigenvalue weighted by molar-refractivity contribution is 5.89. The van der Waals surface area contributed by atoms with Crippen molar-refractivity contribution in [1.29, 1.82) is 0 Å². The van der Waals surface area contributed by atoms with Crippen molar-refractivity contribution in [1.82, 2.24) is 0 Å². The number of carbonyl (C=O) groups excluding carboxylic acids is 6. The monoisotopic (exact) mass is 632 g/mol. The van der Waals surface area contributed by atoms with Gasteiger partial charge in [0.05, 0.1) is 17.1 Å². The van der Waals surface area contributed by atoms with Gasteiger partial charge in [0.2, 0.25) is 0 Å². The van der Waals surface area contributed by atoms with Crippen molar-refractivity contribution in [3.63, 3.8) is 0 Å². The average Bonchev–Trinajstić information content (AvgIpc) is 3.11. The van der Waals surface area contributed by atoms with Crippen molar-refractivity contribution >= 4 is 35.8 Å². The topological polar surface area (TPSA) is 167 Å². The molecule has 246 valence electrons. The minimum Gasteiger partial charge on any atom is -0.465 e. The van der Waals surface area contributed by atoms with E-state index in [9.17, 15) is 28.8 Å². The third kappa shape index (κ3) is 5.89. The Balaban J connectivity index is 2.13. The van der Waals surface area contributed by atoms with Crippen LogP contribution in [-0.4, -0.2) is 84.1 Å². The molecule has 1 aliphatic heterocycles. The van der Waals surface area contributed by atoms with Crippen LogP contribution in [0.15, 0.2) is 30.3 Å². The largest absolute Gasteiger partial charge is 0.465 e. The van der Waals surface area contributed by atoms with Gasteiger partial charge in [0.1, 0.15) is 35.9 Å². The quantitative estimate of drug-likeness (QED) is 0.303. The van der Waals surface area contributed by atoms with Crippen LogP contribution in [0.25, 0.3) is 0 Å². The predicted molar refractivity (Wildman–Crippen MR) is 152 cm³/mol. The van der Waals surface area contributed by atoms with Crippen molar-refractivity contribution in [2.45, 2.75) is 104 Å². The summed E-state index contributed by atoms with van der Waals surface area (Å²) in [6.45, 7) is 10.4. The molecule has 0 aromatic heterocycles. The number of ether oxygens (including phenoxy) is 7. The fraction of sp³-hybridized carbons (Fsp3) is 0.625. The number of fused-ring (bicyclic) bond motifs is 1. The first-order chi connectivity index (χ1) is 21.0. The molecule has 0 amide bonds. The maximum absolute atomic E-state index is 13.8. The van der Waals surface area contributed by atoms with E-state index in [4.69, 9.17) is 33.2 Å². The summed E-state index contributed by atoms with van der Waals surface area (Å²) in [5.74, 6) is -6.12. The Morgan fingerprint density at radius 2 is 1.29 bits per heavy atom. The Bertz CT molecular complexity index is 1360. The van der Waals surface area contributed by atoms with E-state index >= 15 is 0 Å². The van der Waals surface area contributed by atoms with Crippen LogP contribution >= 0.6 is 0 Å². The van der Waals surface area contributed by atoms with Crippen LogP contribution in [0.5, 0.6) is 0 Å². The van der Waals surface area contributed by atoms with Crippen LogP contribution in [0, 0.1) is 17.3 Å². The molecular weight excluding hydrogens is 592 g/mol. The fourth-order valence-electron chi connectivity index (χ4n) is 7.80. The summed E-state index contributed by atoms with van der Waals surface area (Å²) in [6.07, 6.45) is -6.74. The summed E-state index contributed by atoms with van der Waals surface area (Å²) in [5, 5.41) is 0. The highest BCUT2D eigenvalue weighted by atomic mass is 16.6. The molecule has 3 fully saturated rings. The van der Waals surface area contributed by atoms with Gasteiger partial charge in [-0.3, -0.25) is 24.0 Å². The van der Waals surface area contributed by atoms with E-state index in [1.807, 2.05) is 0 Å². The standard InChI is InChI=1S/C32H40O13/c1-16-14-23(40-18(3)34)26(42-20(5)36)31(15-39-17(2)33)28(44-29(38)22-12-10-9-11-13-22)25(41-19(4)35)24-27(43-21(6)37)32(16,31)45-30(24,7)8/h9-13,16,23-28H,14-15H2,1-8H3/t16-,23+,24-,25+,26+,27-,28+,31+,32-/m1/s1. The van der Waals surface area contributed by atoms with Crippen LogP contribution < -0.4 is 0 Å². The third-order valence-corrected chi connectivity index (χ3v) is 9.00. The first-order valence-electron chi connectivity index (χ1n) is 14.8. The number of hydrogen-bond acceptors (Lipinski definition) is 13. The van der Waals surface area contributed by atoms with Crippen LogP contribution in [0.2, 0.25) is 0 Å². The van der Waals surface area contributed by atoms with Crippen LogP contribution in [0.1, 0.15) is 72.2 Å². The van der Waals surface area contributed by atoms with Gasteiger partial charge in [0, 0.05) is 34.6 Å². The number of hydrogen-bond donors (Lipinski definition) is 0. The van der Waals surface area contributed by atoms with Crippen molar-refractivity contribution in [3.8, 4) is 0 Å². The highest BCUT2D eigenvalue weighted by Crippen LogP contribution is 2.68. The van der Waals surface area contributed by atoms with Gasteiger partial charge in [-0.1, -0.05) is 25.1 Å². The SMILES string of the molecule is CC(=O)OC[C@]12[C@@H](OC(=O)c3ccccc3)[C@@H](OC(C)=O)[C@@H]3[C@@H](OC(C)=O)[C@]1(OC3(C)C)[C@H](C)C[C@H](OC(C)=O)[C@@H]2OC(C)=O. The number of benzene rings is 1. The van der Waals surface area contributed by atoms with Gasteiger partial charge in [-0.05, 0) is 38.3 Å². The zero-order valence-electron chi connectivity index (χ0n) is 26.6. The Kier molecular flexibility index (Phi) is 9.35.